The van der Waals surface area contributed by atoms with Crippen LogP contribution in [0.25, 0.3) is 11.1 Å². The van der Waals surface area contributed by atoms with E-state index in [0.29, 0.717) is 16.1 Å². The summed E-state index contributed by atoms with van der Waals surface area (Å²) in [5, 5.41) is 0.432. The number of rotatable bonds is 0. The van der Waals surface area contributed by atoms with Gasteiger partial charge in [-0.1, -0.05) is 27.5 Å². The summed E-state index contributed by atoms with van der Waals surface area (Å²) in [4.78, 5) is 11.1. The number of aryl methyl sites for hydroxylation is 1. The summed E-state index contributed by atoms with van der Waals surface area (Å²) >= 11 is 9.16. The molecule has 1 heterocycles. The number of oxazole rings is 1. The number of aromatic nitrogens is 1. The molecule has 0 saturated carbocycles. The first-order valence-electron chi connectivity index (χ1n) is 3.54. The van der Waals surface area contributed by atoms with Crippen molar-refractivity contribution in [1.82, 2.24) is 4.57 Å². The monoisotopic (exact) mass is 261 g/mol. The minimum atomic E-state index is -0.407. The van der Waals surface area contributed by atoms with Crippen LogP contribution in [0.3, 0.4) is 0 Å². The molecule has 0 unspecified atom stereocenters. The number of hydrogen-bond donors (Lipinski definition) is 0. The average molecular weight is 262 g/mol. The van der Waals surface area contributed by atoms with E-state index in [1.54, 1.807) is 19.2 Å². The van der Waals surface area contributed by atoms with E-state index in [-0.39, 0.29) is 0 Å². The maximum atomic E-state index is 11.1. The SMILES string of the molecule is Cn1c(=O)oc2c(Cl)cc(Br)cc21. The molecule has 0 aliphatic heterocycles. The highest BCUT2D eigenvalue weighted by Crippen LogP contribution is 2.26. The molecule has 3 nitrogen and oxygen atoms in total. The van der Waals surface area contributed by atoms with Crippen LogP contribution in [-0.4, -0.2) is 4.57 Å². The first-order chi connectivity index (χ1) is 6.09. The number of fused-ring (bicyclic) bond motifs is 1. The Hall–Kier alpha value is -0.740. The molecule has 5 heteroatoms. The molecule has 1 aromatic heterocycles. The number of benzene rings is 1. The van der Waals surface area contributed by atoms with Crippen molar-refractivity contribution < 1.29 is 4.42 Å². The summed E-state index contributed by atoms with van der Waals surface area (Å²) in [6.45, 7) is 0. The van der Waals surface area contributed by atoms with E-state index in [0.717, 1.165) is 4.47 Å². The quantitative estimate of drug-likeness (QED) is 0.731. The minimum Gasteiger partial charge on any atom is -0.406 e. The van der Waals surface area contributed by atoms with Gasteiger partial charge in [0.1, 0.15) is 0 Å². The Morgan fingerprint density at radius 2 is 2.23 bits per heavy atom. The Balaban J connectivity index is 3.03. The largest absolute Gasteiger partial charge is 0.419 e. The van der Waals surface area contributed by atoms with E-state index < -0.39 is 5.76 Å². The van der Waals surface area contributed by atoms with Gasteiger partial charge in [-0.15, -0.1) is 0 Å². The zero-order valence-electron chi connectivity index (χ0n) is 6.67. The summed E-state index contributed by atoms with van der Waals surface area (Å²) < 4.78 is 7.17. The van der Waals surface area contributed by atoms with Crippen LogP contribution in [0.1, 0.15) is 0 Å². The molecule has 2 aromatic rings. The molecule has 0 aliphatic carbocycles. The van der Waals surface area contributed by atoms with Crippen molar-refractivity contribution in [2.75, 3.05) is 0 Å². The van der Waals surface area contributed by atoms with E-state index in [9.17, 15) is 4.79 Å². The summed E-state index contributed by atoms with van der Waals surface area (Å²) in [6, 6.07) is 3.47. The zero-order valence-corrected chi connectivity index (χ0v) is 9.02. The number of halogens is 2. The van der Waals surface area contributed by atoms with Crippen LogP contribution in [0.5, 0.6) is 0 Å². The predicted octanol–water partition coefficient (Wildman–Crippen LogP) is 2.55. The van der Waals surface area contributed by atoms with Crippen LogP contribution >= 0.6 is 27.5 Å². The van der Waals surface area contributed by atoms with Crippen LogP contribution < -0.4 is 5.76 Å². The molecule has 0 fully saturated rings. The van der Waals surface area contributed by atoms with Crippen molar-refractivity contribution in [2.24, 2.45) is 7.05 Å². The molecule has 0 aliphatic rings. The summed E-state index contributed by atoms with van der Waals surface area (Å²) in [6.07, 6.45) is 0. The van der Waals surface area contributed by atoms with Crippen molar-refractivity contribution in [3.05, 3.63) is 32.2 Å². The molecule has 0 saturated heterocycles. The highest BCUT2D eigenvalue weighted by Gasteiger charge is 2.09. The van der Waals surface area contributed by atoms with Crippen LogP contribution in [-0.2, 0) is 7.05 Å². The molecular formula is C8H5BrClNO2. The van der Waals surface area contributed by atoms with Gasteiger partial charge in [0.25, 0.3) is 0 Å². The first kappa shape index (κ1) is 8.84. The lowest BCUT2D eigenvalue weighted by Gasteiger charge is -1.94. The Morgan fingerprint density at radius 3 is 2.92 bits per heavy atom. The fourth-order valence-corrected chi connectivity index (χ4v) is 1.98. The number of nitrogens with zero attached hydrogens (tertiary/aromatic N) is 1. The van der Waals surface area contributed by atoms with Gasteiger partial charge in [0.2, 0.25) is 0 Å². The molecule has 0 N–H and O–H groups in total. The average Bonchev–Trinajstić information content (AvgIpc) is 2.32. The maximum absolute atomic E-state index is 11.1. The lowest BCUT2D eigenvalue weighted by atomic mass is 10.3. The second kappa shape index (κ2) is 2.89. The van der Waals surface area contributed by atoms with Crippen molar-refractivity contribution in [3.63, 3.8) is 0 Å². The van der Waals surface area contributed by atoms with E-state index >= 15 is 0 Å². The highest BCUT2D eigenvalue weighted by atomic mass is 79.9. The van der Waals surface area contributed by atoms with Gasteiger partial charge in [-0.3, -0.25) is 4.57 Å². The molecule has 68 valence electrons. The summed E-state index contributed by atoms with van der Waals surface area (Å²) in [5.41, 5.74) is 1.11. The molecule has 0 spiro atoms. The van der Waals surface area contributed by atoms with Crippen LogP contribution in [0.15, 0.2) is 25.8 Å². The Labute approximate surface area is 87.0 Å². The van der Waals surface area contributed by atoms with Gasteiger partial charge in [-0.05, 0) is 12.1 Å². The van der Waals surface area contributed by atoms with Crippen LogP contribution in [0.2, 0.25) is 5.02 Å². The fourth-order valence-electron chi connectivity index (χ4n) is 1.15. The van der Waals surface area contributed by atoms with Crippen molar-refractivity contribution in [3.8, 4) is 0 Å². The molecule has 0 atom stereocenters. The topological polar surface area (TPSA) is 35.1 Å². The van der Waals surface area contributed by atoms with Gasteiger partial charge in [-0.25, -0.2) is 4.79 Å². The van der Waals surface area contributed by atoms with Crippen molar-refractivity contribution >= 4 is 38.6 Å². The Morgan fingerprint density at radius 1 is 1.54 bits per heavy atom. The van der Waals surface area contributed by atoms with Gasteiger partial charge >= 0.3 is 5.76 Å². The molecular weight excluding hydrogens is 257 g/mol. The molecule has 0 amide bonds. The maximum Gasteiger partial charge on any atom is 0.419 e. The van der Waals surface area contributed by atoms with E-state index in [2.05, 4.69) is 15.9 Å². The normalized spacial score (nSPS) is 11.0. The van der Waals surface area contributed by atoms with E-state index in [4.69, 9.17) is 16.0 Å². The third-order valence-corrected chi connectivity index (χ3v) is 2.55. The van der Waals surface area contributed by atoms with Crippen LogP contribution in [0.4, 0.5) is 0 Å². The third-order valence-electron chi connectivity index (χ3n) is 1.81. The third kappa shape index (κ3) is 1.30. The molecule has 2 rings (SSSR count). The van der Waals surface area contributed by atoms with E-state index in [1.165, 1.54) is 4.57 Å². The van der Waals surface area contributed by atoms with Crippen LogP contribution in [0, 0.1) is 0 Å². The lowest BCUT2D eigenvalue weighted by Crippen LogP contribution is -2.08. The van der Waals surface area contributed by atoms with Gasteiger partial charge in [0.15, 0.2) is 5.58 Å². The minimum absolute atomic E-state index is 0.407. The molecule has 13 heavy (non-hydrogen) atoms. The summed E-state index contributed by atoms with van der Waals surface area (Å²) in [5.74, 6) is -0.407. The smallest absolute Gasteiger partial charge is 0.406 e. The second-order valence-electron chi connectivity index (χ2n) is 2.66. The zero-order chi connectivity index (χ0) is 9.59. The van der Waals surface area contributed by atoms with Gasteiger partial charge < -0.3 is 4.42 Å². The fraction of sp³-hybridized carbons (Fsp3) is 0.125. The lowest BCUT2D eigenvalue weighted by molar-refractivity contribution is 0.528. The van der Waals surface area contributed by atoms with Gasteiger partial charge in [0.05, 0.1) is 10.5 Å². The highest BCUT2D eigenvalue weighted by molar-refractivity contribution is 9.10. The second-order valence-corrected chi connectivity index (χ2v) is 3.99. The molecule has 0 radical (unpaired) electrons. The Bertz CT molecular complexity index is 529. The van der Waals surface area contributed by atoms with E-state index in [1.807, 2.05) is 0 Å². The van der Waals surface area contributed by atoms with Crippen molar-refractivity contribution in [2.45, 2.75) is 0 Å². The summed E-state index contributed by atoms with van der Waals surface area (Å²) in [7, 11) is 1.64. The first-order valence-corrected chi connectivity index (χ1v) is 4.71. The van der Waals surface area contributed by atoms with Gasteiger partial charge in [-0.2, -0.15) is 0 Å². The van der Waals surface area contributed by atoms with Crippen molar-refractivity contribution in [1.29, 1.82) is 0 Å². The molecule has 0 bridgehead atoms. The molecule has 1 aromatic carbocycles. The Kier molecular flexibility index (Phi) is 1.96. The standard InChI is InChI=1S/C8H5BrClNO2/c1-11-6-3-4(9)2-5(10)7(6)13-8(11)12/h2-3H,1H3. The predicted molar refractivity (Wildman–Crippen MR) is 54.2 cm³/mol. The van der Waals surface area contributed by atoms with Gasteiger partial charge in [0, 0.05) is 11.5 Å². The number of hydrogen-bond acceptors (Lipinski definition) is 2.